The fraction of sp³-hybridized carbons (Fsp3) is 0. The quantitative estimate of drug-likeness (QED) is 0.192. The number of para-hydroxylation sites is 3. The third-order valence-electron chi connectivity index (χ3n) is 10.3. The first-order valence-corrected chi connectivity index (χ1v) is 16.8. The Balaban J connectivity index is 1.12. The van der Waals surface area contributed by atoms with Gasteiger partial charge in [0.2, 0.25) is 0 Å². The first-order valence-electron chi connectivity index (χ1n) is 16.8. The summed E-state index contributed by atoms with van der Waals surface area (Å²) in [6, 6.07) is 61.4. The Morgan fingerprint density at radius 1 is 0.327 bits per heavy atom. The summed E-state index contributed by atoms with van der Waals surface area (Å²) in [6.45, 7) is 0. The first-order chi connectivity index (χ1) is 24.3. The molecule has 3 heterocycles. The highest BCUT2D eigenvalue weighted by molar-refractivity contribution is 6.19. The van der Waals surface area contributed by atoms with E-state index in [1.165, 1.54) is 71.2 Å². The summed E-state index contributed by atoms with van der Waals surface area (Å²) in [4.78, 5) is 0. The van der Waals surface area contributed by atoms with Crippen LogP contribution in [0.25, 0.3) is 98.8 Å². The number of fused-ring (bicyclic) bond motifs is 11. The number of hydrogen-bond donors (Lipinski definition) is 0. The fourth-order valence-corrected chi connectivity index (χ4v) is 8.09. The number of nitrogens with zero attached hydrogens (tertiary/aromatic N) is 2. The maximum absolute atomic E-state index is 6.30. The molecule has 49 heavy (non-hydrogen) atoms. The van der Waals surface area contributed by atoms with Crippen molar-refractivity contribution in [3.63, 3.8) is 0 Å². The van der Waals surface area contributed by atoms with Crippen molar-refractivity contribution < 1.29 is 4.42 Å². The summed E-state index contributed by atoms with van der Waals surface area (Å²) in [5.74, 6) is 0. The van der Waals surface area contributed by atoms with E-state index in [4.69, 9.17) is 4.42 Å². The molecule has 0 spiro atoms. The SMILES string of the molecule is c1ccc(-n2c3ccc(-c4ccc5c(c4)c4ccccc4n5-c4ccc5c(c4)oc4ccccc45)cc3c3ccc4ccccc4c32)cc1. The van der Waals surface area contributed by atoms with E-state index < -0.39 is 0 Å². The van der Waals surface area contributed by atoms with Crippen molar-refractivity contribution >= 4 is 76.3 Å². The van der Waals surface area contributed by atoms with Crippen LogP contribution in [0.5, 0.6) is 0 Å². The van der Waals surface area contributed by atoms with Crippen molar-refractivity contribution in [2.45, 2.75) is 0 Å². The summed E-state index contributed by atoms with van der Waals surface area (Å²) < 4.78 is 11.1. The minimum atomic E-state index is 0.900. The van der Waals surface area contributed by atoms with Crippen LogP contribution in [-0.2, 0) is 0 Å². The number of aromatic nitrogens is 2. The highest BCUT2D eigenvalue weighted by atomic mass is 16.3. The Hall–Kier alpha value is -6.58. The van der Waals surface area contributed by atoms with Crippen molar-refractivity contribution in [3.05, 3.63) is 170 Å². The molecule has 3 heteroatoms. The second kappa shape index (κ2) is 9.96. The van der Waals surface area contributed by atoms with Crippen molar-refractivity contribution in [3.8, 4) is 22.5 Å². The summed E-state index contributed by atoms with van der Waals surface area (Å²) in [6.07, 6.45) is 0. The molecule has 0 fully saturated rings. The molecule has 3 aromatic heterocycles. The predicted octanol–water partition coefficient (Wildman–Crippen LogP) is 12.6. The van der Waals surface area contributed by atoms with E-state index in [0.29, 0.717) is 0 Å². The van der Waals surface area contributed by atoms with Gasteiger partial charge in [-0.25, -0.2) is 0 Å². The van der Waals surface area contributed by atoms with Gasteiger partial charge in [-0.3, -0.25) is 0 Å². The summed E-state index contributed by atoms with van der Waals surface area (Å²) >= 11 is 0. The molecule has 0 saturated carbocycles. The highest BCUT2D eigenvalue weighted by Gasteiger charge is 2.18. The Bertz CT molecular complexity index is 3100. The molecule has 8 aromatic carbocycles. The van der Waals surface area contributed by atoms with Crippen LogP contribution in [0.15, 0.2) is 174 Å². The van der Waals surface area contributed by atoms with Gasteiger partial charge in [0.05, 0.1) is 22.1 Å². The van der Waals surface area contributed by atoms with Gasteiger partial charge in [0.1, 0.15) is 11.2 Å². The van der Waals surface area contributed by atoms with Crippen molar-refractivity contribution in [1.82, 2.24) is 9.13 Å². The van der Waals surface area contributed by atoms with Gasteiger partial charge >= 0.3 is 0 Å². The lowest BCUT2D eigenvalue weighted by Gasteiger charge is -2.10. The van der Waals surface area contributed by atoms with Gasteiger partial charge in [0, 0.05) is 55.1 Å². The third kappa shape index (κ3) is 3.78. The molecule has 228 valence electrons. The Kier molecular flexibility index (Phi) is 5.38. The minimum absolute atomic E-state index is 0.900. The summed E-state index contributed by atoms with van der Waals surface area (Å²) in [5.41, 5.74) is 11.3. The normalized spacial score (nSPS) is 12.1. The first kappa shape index (κ1) is 26.5. The molecule has 0 atom stereocenters. The van der Waals surface area contributed by atoms with Gasteiger partial charge in [-0.2, -0.15) is 0 Å². The van der Waals surface area contributed by atoms with E-state index in [1.54, 1.807) is 0 Å². The van der Waals surface area contributed by atoms with Gasteiger partial charge in [0.25, 0.3) is 0 Å². The van der Waals surface area contributed by atoms with Gasteiger partial charge in [-0.15, -0.1) is 0 Å². The van der Waals surface area contributed by atoms with E-state index in [1.807, 2.05) is 12.1 Å². The van der Waals surface area contributed by atoms with Crippen LogP contribution in [0.2, 0.25) is 0 Å². The van der Waals surface area contributed by atoms with Gasteiger partial charge in [-0.1, -0.05) is 103 Å². The van der Waals surface area contributed by atoms with Crippen LogP contribution in [0.4, 0.5) is 0 Å². The number of rotatable bonds is 3. The van der Waals surface area contributed by atoms with Gasteiger partial charge < -0.3 is 13.6 Å². The molecule has 0 bridgehead atoms. The standard InChI is InChI=1S/C46H28N2O/c1-2-11-32(12-3-1)48-43-25-20-31(27-40(43)38-22-18-29-10-4-5-13-34(29)46(38)48)30-19-24-42-39(26-30)35-14-6-8-16-41(35)47(42)33-21-23-37-36-15-7-9-17-44(36)49-45(37)28-33/h1-28H. The number of furan rings is 1. The molecule has 0 aliphatic rings. The topological polar surface area (TPSA) is 23.0 Å². The smallest absolute Gasteiger partial charge is 0.137 e. The van der Waals surface area contributed by atoms with E-state index in [0.717, 1.165) is 27.6 Å². The van der Waals surface area contributed by atoms with Crippen molar-refractivity contribution in [1.29, 1.82) is 0 Å². The van der Waals surface area contributed by atoms with Crippen LogP contribution in [0.1, 0.15) is 0 Å². The average Bonchev–Trinajstić information content (AvgIpc) is 3.82. The summed E-state index contributed by atoms with van der Waals surface area (Å²) in [5, 5.41) is 9.77. The minimum Gasteiger partial charge on any atom is -0.456 e. The third-order valence-corrected chi connectivity index (χ3v) is 10.3. The lowest BCUT2D eigenvalue weighted by molar-refractivity contribution is 0.668. The predicted molar refractivity (Wildman–Crippen MR) is 205 cm³/mol. The Morgan fingerprint density at radius 2 is 0.939 bits per heavy atom. The monoisotopic (exact) mass is 624 g/mol. The largest absolute Gasteiger partial charge is 0.456 e. The summed E-state index contributed by atoms with van der Waals surface area (Å²) in [7, 11) is 0. The van der Waals surface area contributed by atoms with Crippen LogP contribution in [0.3, 0.4) is 0 Å². The molecule has 0 N–H and O–H groups in total. The van der Waals surface area contributed by atoms with Crippen LogP contribution in [0, 0.1) is 0 Å². The maximum Gasteiger partial charge on any atom is 0.137 e. The zero-order chi connectivity index (χ0) is 32.1. The van der Waals surface area contributed by atoms with Crippen LogP contribution in [-0.4, -0.2) is 9.13 Å². The van der Waals surface area contributed by atoms with Gasteiger partial charge in [0.15, 0.2) is 0 Å². The molecule has 0 aliphatic carbocycles. The second-order valence-corrected chi connectivity index (χ2v) is 12.9. The van der Waals surface area contributed by atoms with Crippen LogP contribution >= 0.6 is 0 Å². The van der Waals surface area contributed by atoms with E-state index in [2.05, 4.69) is 167 Å². The van der Waals surface area contributed by atoms with E-state index >= 15 is 0 Å². The molecular formula is C46H28N2O. The zero-order valence-corrected chi connectivity index (χ0v) is 26.5. The van der Waals surface area contributed by atoms with E-state index in [-0.39, 0.29) is 0 Å². The van der Waals surface area contributed by atoms with Gasteiger partial charge in [-0.05, 0) is 77.2 Å². The number of hydrogen-bond acceptors (Lipinski definition) is 1. The van der Waals surface area contributed by atoms with Crippen molar-refractivity contribution in [2.75, 3.05) is 0 Å². The maximum atomic E-state index is 6.30. The highest BCUT2D eigenvalue weighted by Crippen LogP contribution is 2.40. The van der Waals surface area contributed by atoms with Crippen LogP contribution < -0.4 is 0 Å². The zero-order valence-electron chi connectivity index (χ0n) is 26.5. The average molecular weight is 625 g/mol. The Labute approximate surface area is 281 Å². The molecule has 3 nitrogen and oxygen atoms in total. The number of benzene rings is 8. The molecule has 0 unspecified atom stereocenters. The lowest BCUT2D eigenvalue weighted by atomic mass is 10.00. The molecule has 11 aromatic rings. The van der Waals surface area contributed by atoms with E-state index in [9.17, 15) is 0 Å². The van der Waals surface area contributed by atoms with Crippen molar-refractivity contribution in [2.24, 2.45) is 0 Å². The molecular weight excluding hydrogens is 597 g/mol. The second-order valence-electron chi connectivity index (χ2n) is 12.9. The lowest BCUT2D eigenvalue weighted by Crippen LogP contribution is -1.94. The molecule has 0 amide bonds. The Morgan fingerprint density at radius 3 is 1.78 bits per heavy atom. The molecule has 0 radical (unpaired) electrons. The molecule has 11 rings (SSSR count). The fourth-order valence-electron chi connectivity index (χ4n) is 8.09. The molecule has 0 aliphatic heterocycles. The molecule has 0 saturated heterocycles.